The third-order valence-electron chi connectivity index (χ3n) is 3.33. The zero-order valence-electron chi connectivity index (χ0n) is 10.7. The summed E-state index contributed by atoms with van der Waals surface area (Å²) in [4.78, 5) is 5.78. The van der Waals surface area contributed by atoms with E-state index in [1.54, 1.807) is 11.3 Å². The minimum atomic E-state index is -2.77. The first kappa shape index (κ1) is 14.0. The summed E-state index contributed by atoms with van der Waals surface area (Å²) in [5.41, 5.74) is 0. The molecule has 1 aliphatic heterocycles. The maximum absolute atomic E-state index is 11.4. The average molecular weight is 288 g/mol. The highest BCUT2D eigenvalue weighted by Gasteiger charge is 2.26. The number of aryl methyl sites for hydroxylation is 1. The van der Waals surface area contributed by atoms with Crippen LogP contribution in [0.25, 0.3) is 0 Å². The van der Waals surface area contributed by atoms with Crippen molar-refractivity contribution in [3.05, 3.63) is 16.1 Å². The molecule has 0 atom stereocenters. The van der Waals surface area contributed by atoms with Gasteiger partial charge in [0.2, 0.25) is 0 Å². The third kappa shape index (κ3) is 3.76. The number of hydrogen-bond acceptors (Lipinski definition) is 5. The number of rotatable bonds is 5. The van der Waals surface area contributed by atoms with E-state index in [0.717, 1.165) is 37.2 Å². The number of nitrogens with one attached hydrogen (secondary N) is 1. The normalized spacial score (nSPS) is 20.1. The molecule has 0 unspecified atom stereocenters. The molecule has 102 valence electrons. The molecule has 1 fully saturated rings. The Morgan fingerprint density at radius 1 is 1.44 bits per heavy atom. The van der Waals surface area contributed by atoms with Crippen LogP contribution in [0.5, 0.6) is 0 Å². The summed E-state index contributed by atoms with van der Waals surface area (Å²) >= 11 is 1.76. The lowest BCUT2D eigenvalue weighted by molar-refractivity contribution is 0.549. The molecule has 2 heterocycles. The molecule has 1 aromatic heterocycles. The van der Waals surface area contributed by atoms with E-state index in [1.807, 2.05) is 13.2 Å². The molecule has 1 aliphatic rings. The fraction of sp³-hybridized carbons (Fsp3) is 0.750. The van der Waals surface area contributed by atoms with Crippen molar-refractivity contribution < 1.29 is 8.42 Å². The van der Waals surface area contributed by atoms with Gasteiger partial charge >= 0.3 is 0 Å². The van der Waals surface area contributed by atoms with Gasteiger partial charge in [0.1, 0.15) is 9.84 Å². The van der Waals surface area contributed by atoms with E-state index in [-0.39, 0.29) is 0 Å². The summed E-state index contributed by atoms with van der Waals surface area (Å²) in [6.07, 6.45) is 5.62. The van der Waals surface area contributed by atoms with Crippen LogP contribution in [0.3, 0.4) is 0 Å². The minimum absolute atomic E-state index is 0.326. The van der Waals surface area contributed by atoms with Gasteiger partial charge in [-0.25, -0.2) is 13.4 Å². The molecule has 0 radical (unpaired) electrons. The van der Waals surface area contributed by atoms with E-state index >= 15 is 0 Å². The molecule has 1 aromatic rings. The van der Waals surface area contributed by atoms with Crippen molar-refractivity contribution >= 4 is 21.2 Å². The summed E-state index contributed by atoms with van der Waals surface area (Å²) in [5, 5.41) is 4.26. The Labute approximate surface area is 113 Å². The number of thiazole rings is 1. The highest BCUT2D eigenvalue weighted by Crippen LogP contribution is 2.32. The molecule has 0 spiro atoms. The third-order valence-corrected chi connectivity index (χ3v) is 6.26. The van der Waals surface area contributed by atoms with E-state index in [4.69, 9.17) is 0 Å². The Kier molecular flexibility index (Phi) is 4.75. The van der Waals surface area contributed by atoms with Crippen LogP contribution in [-0.2, 0) is 16.3 Å². The minimum Gasteiger partial charge on any atom is -0.320 e. The predicted octanol–water partition coefficient (Wildman–Crippen LogP) is 1.59. The molecule has 1 N–H and O–H groups in total. The summed E-state index contributed by atoms with van der Waals surface area (Å²) in [6, 6.07) is 0. The molecule has 6 heteroatoms. The lowest BCUT2D eigenvalue weighted by atomic mass is 10.0. The lowest BCUT2D eigenvalue weighted by Crippen LogP contribution is -2.21. The maximum Gasteiger partial charge on any atom is 0.150 e. The molecule has 0 aromatic carbocycles. The van der Waals surface area contributed by atoms with Gasteiger partial charge in [0.25, 0.3) is 0 Å². The number of sulfone groups is 1. The van der Waals surface area contributed by atoms with Crippen molar-refractivity contribution in [3.63, 3.8) is 0 Å². The zero-order chi connectivity index (χ0) is 13.0. The van der Waals surface area contributed by atoms with Gasteiger partial charge in [0.15, 0.2) is 0 Å². The van der Waals surface area contributed by atoms with Crippen molar-refractivity contribution in [2.45, 2.75) is 31.6 Å². The standard InChI is InChI=1S/C12H20N2O2S2/c1-13-6-2-3-11-9-14-12(17-11)10-4-7-18(15,16)8-5-10/h9-10,13H,2-8H2,1H3. The summed E-state index contributed by atoms with van der Waals surface area (Å²) in [6.45, 7) is 1.02. The Balaban J connectivity index is 1.90. The van der Waals surface area contributed by atoms with Crippen molar-refractivity contribution in [1.29, 1.82) is 0 Å². The van der Waals surface area contributed by atoms with Crippen molar-refractivity contribution in [2.24, 2.45) is 0 Å². The van der Waals surface area contributed by atoms with Crippen molar-refractivity contribution in [1.82, 2.24) is 10.3 Å². The lowest BCUT2D eigenvalue weighted by Gasteiger charge is -2.19. The van der Waals surface area contributed by atoms with E-state index < -0.39 is 9.84 Å². The van der Waals surface area contributed by atoms with Crippen LogP contribution >= 0.6 is 11.3 Å². The van der Waals surface area contributed by atoms with Crippen molar-refractivity contribution in [3.8, 4) is 0 Å². The Bertz CT molecular complexity index is 468. The van der Waals surface area contributed by atoms with E-state index in [2.05, 4.69) is 10.3 Å². The van der Waals surface area contributed by atoms with Crippen molar-refractivity contribution in [2.75, 3.05) is 25.1 Å². The molecular formula is C12H20N2O2S2. The number of nitrogens with zero attached hydrogens (tertiary/aromatic N) is 1. The fourth-order valence-electron chi connectivity index (χ4n) is 2.20. The van der Waals surface area contributed by atoms with E-state index in [1.165, 1.54) is 4.88 Å². The topological polar surface area (TPSA) is 59.1 Å². The molecule has 18 heavy (non-hydrogen) atoms. The monoisotopic (exact) mass is 288 g/mol. The molecule has 1 saturated heterocycles. The smallest absolute Gasteiger partial charge is 0.150 e. The largest absolute Gasteiger partial charge is 0.320 e. The van der Waals surface area contributed by atoms with Gasteiger partial charge in [-0.05, 0) is 39.3 Å². The summed E-state index contributed by atoms with van der Waals surface area (Å²) in [5.74, 6) is 1.01. The highest BCUT2D eigenvalue weighted by molar-refractivity contribution is 7.91. The van der Waals surface area contributed by atoms with E-state index in [0.29, 0.717) is 17.4 Å². The molecule has 0 aliphatic carbocycles. The second-order valence-corrected chi connectivity index (χ2v) is 8.25. The molecule has 0 bridgehead atoms. The number of aromatic nitrogens is 1. The van der Waals surface area contributed by atoms with Crippen LogP contribution in [0, 0.1) is 0 Å². The van der Waals surface area contributed by atoms with Crippen LogP contribution in [-0.4, -0.2) is 38.5 Å². The fourth-order valence-corrected chi connectivity index (χ4v) is 4.82. The average Bonchev–Trinajstić information content (AvgIpc) is 2.78. The first-order valence-electron chi connectivity index (χ1n) is 6.40. The van der Waals surface area contributed by atoms with E-state index in [9.17, 15) is 8.42 Å². The van der Waals surface area contributed by atoms with Gasteiger partial charge in [-0.3, -0.25) is 0 Å². The van der Waals surface area contributed by atoms with Gasteiger partial charge in [0, 0.05) is 17.0 Å². The van der Waals surface area contributed by atoms with Gasteiger partial charge in [-0.2, -0.15) is 0 Å². The Morgan fingerprint density at radius 3 is 2.83 bits per heavy atom. The molecule has 4 nitrogen and oxygen atoms in total. The predicted molar refractivity (Wildman–Crippen MR) is 75.0 cm³/mol. The second kappa shape index (κ2) is 6.12. The maximum atomic E-state index is 11.4. The first-order chi connectivity index (χ1) is 8.61. The SMILES string of the molecule is CNCCCc1cnc(C2CCS(=O)(=O)CC2)s1. The van der Waals surface area contributed by atoms with Gasteiger partial charge in [-0.1, -0.05) is 0 Å². The Morgan fingerprint density at radius 2 is 2.17 bits per heavy atom. The summed E-state index contributed by atoms with van der Waals surface area (Å²) < 4.78 is 22.8. The quantitative estimate of drug-likeness (QED) is 0.836. The molecule has 0 amide bonds. The zero-order valence-corrected chi connectivity index (χ0v) is 12.3. The highest BCUT2D eigenvalue weighted by atomic mass is 32.2. The van der Waals surface area contributed by atoms with Gasteiger partial charge in [-0.15, -0.1) is 11.3 Å². The second-order valence-electron chi connectivity index (χ2n) is 4.80. The van der Waals surface area contributed by atoms with Gasteiger partial charge in [0.05, 0.1) is 16.5 Å². The Hall–Kier alpha value is -0.460. The van der Waals surface area contributed by atoms with Crippen LogP contribution in [0.2, 0.25) is 0 Å². The van der Waals surface area contributed by atoms with Crippen LogP contribution in [0.15, 0.2) is 6.20 Å². The molecule has 2 rings (SSSR count). The number of hydrogen-bond donors (Lipinski definition) is 1. The molecule has 0 saturated carbocycles. The van der Waals surface area contributed by atoms with Gasteiger partial charge < -0.3 is 5.32 Å². The molecular weight excluding hydrogens is 268 g/mol. The first-order valence-corrected chi connectivity index (χ1v) is 9.04. The summed E-state index contributed by atoms with van der Waals surface area (Å²) in [7, 11) is -0.807. The van der Waals surface area contributed by atoms with Crippen LogP contribution < -0.4 is 5.32 Å². The van der Waals surface area contributed by atoms with Crippen LogP contribution in [0.4, 0.5) is 0 Å². The van der Waals surface area contributed by atoms with Crippen LogP contribution in [0.1, 0.15) is 35.1 Å².